The highest BCUT2D eigenvalue weighted by molar-refractivity contribution is 6.42. The average Bonchev–Trinajstić information content (AvgIpc) is 2.53. The number of rotatable bonds is 3. The molecule has 0 saturated heterocycles. The summed E-state index contributed by atoms with van der Waals surface area (Å²) in [6.45, 7) is 3.61. The summed E-state index contributed by atoms with van der Waals surface area (Å²) < 4.78 is 0. The Morgan fingerprint density at radius 1 is 1.46 bits per heavy atom. The van der Waals surface area contributed by atoms with E-state index < -0.39 is 11.7 Å². The lowest BCUT2D eigenvalue weighted by Crippen LogP contribution is -2.36. The van der Waals surface area contributed by atoms with E-state index in [-0.39, 0.29) is 6.04 Å². The number of H-pyrrole nitrogens is 1. The molecule has 0 saturated carbocycles. The Balaban J connectivity index is 2.64. The van der Waals surface area contributed by atoms with Crippen LogP contribution in [0.3, 0.4) is 0 Å². The Morgan fingerprint density at radius 3 is 2.62 bits per heavy atom. The van der Waals surface area contributed by atoms with Crippen LogP contribution in [-0.2, 0) is 4.79 Å². The second-order valence-electron chi connectivity index (χ2n) is 3.04. The second kappa shape index (κ2) is 3.89. The Labute approximate surface area is 76.3 Å². The van der Waals surface area contributed by atoms with Crippen molar-refractivity contribution in [1.29, 1.82) is 0 Å². The van der Waals surface area contributed by atoms with Crippen LogP contribution in [0, 0.1) is 0 Å². The number of Topliss-reactive ketones (excluding diaryl/α,β-unsaturated/α-hetero) is 1. The van der Waals surface area contributed by atoms with E-state index >= 15 is 0 Å². The molecule has 1 amide bonds. The van der Waals surface area contributed by atoms with E-state index in [1.807, 2.05) is 0 Å². The molecular formula is C9H12N2O2. The SMILES string of the molecule is CC(C)NC(=O)C(=O)c1ccc[nH]1. The van der Waals surface area contributed by atoms with Gasteiger partial charge in [0.15, 0.2) is 0 Å². The molecule has 0 spiro atoms. The summed E-state index contributed by atoms with van der Waals surface area (Å²) in [5.74, 6) is -1.10. The molecule has 2 N–H and O–H groups in total. The van der Waals surface area contributed by atoms with Crippen LogP contribution < -0.4 is 5.32 Å². The van der Waals surface area contributed by atoms with Crippen molar-refractivity contribution in [2.75, 3.05) is 0 Å². The number of amides is 1. The maximum Gasteiger partial charge on any atom is 0.294 e. The zero-order valence-corrected chi connectivity index (χ0v) is 7.63. The van der Waals surface area contributed by atoms with E-state index in [1.165, 1.54) is 0 Å². The predicted molar refractivity (Wildman–Crippen MR) is 48.4 cm³/mol. The lowest BCUT2D eigenvalue weighted by Gasteiger charge is -2.05. The molecule has 0 bridgehead atoms. The number of hydrogen-bond acceptors (Lipinski definition) is 2. The number of aromatic nitrogens is 1. The van der Waals surface area contributed by atoms with Gasteiger partial charge in [-0.15, -0.1) is 0 Å². The molecule has 0 aliphatic heterocycles. The predicted octanol–water partition coefficient (Wildman–Crippen LogP) is 0.722. The first kappa shape index (κ1) is 9.51. The molecule has 0 aromatic carbocycles. The van der Waals surface area contributed by atoms with Gasteiger partial charge in [0.05, 0.1) is 5.69 Å². The van der Waals surface area contributed by atoms with Gasteiger partial charge < -0.3 is 10.3 Å². The van der Waals surface area contributed by atoms with E-state index in [0.29, 0.717) is 5.69 Å². The molecule has 1 rings (SSSR count). The number of carbonyl (C=O) groups excluding carboxylic acids is 2. The summed E-state index contributed by atoms with van der Waals surface area (Å²) in [6, 6.07) is 3.23. The van der Waals surface area contributed by atoms with Crippen molar-refractivity contribution in [2.45, 2.75) is 19.9 Å². The minimum atomic E-state index is -0.572. The smallest absolute Gasteiger partial charge is 0.294 e. The zero-order valence-electron chi connectivity index (χ0n) is 7.63. The van der Waals surface area contributed by atoms with E-state index in [4.69, 9.17) is 0 Å². The maximum absolute atomic E-state index is 11.3. The van der Waals surface area contributed by atoms with Crippen LogP contribution >= 0.6 is 0 Å². The molecule has 1 aromatic heterocycles. The number of hydrogen-bond donors (Lipinski definition) is 2. The third-order valence-corrected chi connectivity index (χ3v) is 1.47. The fraction of sp³-hybridized carbons (Fsp3) is 0.333. The molecule has 1 aromatic rings. The van der Waals surface area contributed by atoms with Crippen molar-refractivity contribution >= 4 is 11.7 Å². The van der Waals surface area contributed by atoms with Crippen LogP contribution in [0.2, 0.25) is 0 Å². The molecule has 0 fully saturated rings. The molecule has 1 heterocycles. The minimum Gasteiger partial charge on any atom is -0.358 e. The first-order chi connectivity index (χ1) is 6.11. The summed E-state index contributed by atoms with van der Waals surface area (Å²) in [7, 11) is 0. The normalized spacial score (nSPS) is 10.1. The zero-order chi connectivity index (χ0) is 9.84. The van der Waals surface area contributed by atoms with Crippen molar-refractivity contribution in [3.05, 3.63) is 24.0 Å². The van der Waals surface area contributed by atoms with Gasteiger partial charge in [-0.05, 0) is 26.0 Å². The van der Waals surface area contributed by atoms with Crippen LogP contribution in [0.15, 0.2) is 18.3 Å². The molecule has 4 nitrogen and oxygen atoms in total. The Hall–Kier alpha value is -1.58. The van der Waals surface area contributed by atoms with Crippen LogP contribution in [-0.4, -0.2) is 22.7 Å². The highest BCUT2D eigenvalue weighted by atomic mass is 16.2. The first-order valence-corrected chi connectivity index (χ1v) is 4.10. The second-order valence-corrected chi connectivity index (χ2v) is 3.04. The third-order valence-electron chi connectivity index (χ3n) is 1.47. The lowest BCUT2D eigenvalue weighted by molar-refractivity contribution is -0.117. The summed E-state index contributed by atoms with van der Waals surface area (Å²) in [5.41, 5.74) is 0.318. The fourth-order valence-electron chi connectivity index (χ4n) is 0.922. The van der Waals surface area contributed by atoms with Crippen molar-refractivity contribution in [2.24, 2.45) is 0 Å². The van der Waals surface area contributed by atoms with Crippen molar-refractivity contribution in [1.82, 2.24) is 10.3 Å². The number of carbonyl (C=O) groups is 2. The first-order valence-electron chi connectivity index (χ1n) is 4.10. The van der Waals surface area contributed by atoms with Crippen LogP contribution in [0.1, 0.15) is 24.3 Å². The summed E-state index contributed by atoms with van der Waals surface area (Å²) >= 11 is 0. The Kier molecular flexibility index (Phi) is 2.84. The summed E-state index contributed by atoms with van der Waals surface area (Å²) in [4.78, 5) is 25.1. The molecular weight excluding hydrogens is 168 g/mol. The van der Waals surface area contributed by atoms with Gasteiger partial charge in [0.25, 0.3) is 11.7 Å². The summed E-state index contributed by atoms with van der Waals surface area (Å²) in [6.07, 6.45) is 1.61. The molecule has 13 heavy (non-hydrogen) atoms. The van der Waals surface area contributed by atoms with Gasteiger partial charge in [-0.3, -0.25) is 9.59 Å². The van der Waals surface area contributed by atoms with Gasteiger partial charge >= 0.3 is 0 Å². The molecule has 0 aliphatic carbocycles. The monoisotopic (exact) mass is 180 g/mol. The highest BCUT2D eigenvalue weighted by Crippen LogP contribution is 1.96. The molecule has 0 aliphatic rings. The van der Waals surface area contributed by atoms with Gasteiger partial charge in [-0.2, -0.15) is 0 Å². The quantitative estimate of drug-likeness (QED) is 0.532. The molecule has 0 unspecified atom stereocenters. The van der Waals surface area contributed by atoms with Crippen molar-refractivity contribution in [3.8, 4) is 0 Å². The summed E-state index contributed by atoms with van der Waals surface area (Å²) in [5, 5.41) is 2.52. The minimum absolute atomic E-state index is 0.0218. The topological polar surface area (TPSA) is 62.0 Å². The number of nitrogens with one attached hydrogen (secondary N) is 2. The van der Waals surface area contributed by atoms with E-state index in [0.717, 1.165) is 0 Å². The molecule has 0 radical (unpaired) electrons. The van der Waals surface area contributed by atoms with E-state index in [9.17, 15) is 9.59 Å². The number of aromatic amines is 1. The van der Waals surface area contributed by atoms with Crippen LogP contribution in [0.4, 0.5) is 0 Å². The van der Waals surface area contributed by atoms with Crippen molar-refractivity contribution < 1.29 is 9.59 Å². The Morgan fingerprint density at radius 2 is 2.15 bits per heavy atom. The lowest BCUT2D eigenvalue weighted by atomic mass is 10.2. The Bertz CT molecular complexity index is 301. The van der Waals surface area contributed by atoms with Gasteiger partial charge in [0, 0.05) is 12.2 Å². The largest absolute Gasteiger partial charge is 0.358 e. The standard InChI is InChI=1S/C9H12N2O2/c1-6(2)11-9(13)8(12)7-4-3-5-10-7/h3-6,10H,1-2H3,(H,11,13). The van der Waals surface area contributed by atoms with Crippen molar-refractivity contribution in [3.63, 3.8) is 0 Å². The van der Waals surface area contributed by atoms with Gasteiger partial charge in [0.1, 0.15) is 0 Å². The highest BCUT2D eigenvalue weighted by Gasteiger charge is 2.16. The fourth-order valence-corrected chi connectivity index (χ4v) is 0.922. The molecule has 4 heteroatoms. The molecule has 0 atom stereocenters. The van der Waals surface area contributed by atoms with E-state index in [1.54, 1.807) is 32.2 Å². The van der Waals surface area contributed by atoms with Crippen LogP contribution in [0.25, 0.3) is 0 Å². The average molecular weight is 180 g/mol. The van der Waals surface area contributed by atoms with Gasteiger partial charge in [-0.1, -0.05) is 0 Å². The third kappa shape index (κ3) is 2.43. The molecule has 70 valence electrons. The van der Waals surface area contributed by atoms with Crippen LogP contribution in [0.5, 0.6) is 0 Å². The number of ketones is 1. The maximum atomic E-state index is 11.3. The van der Waals surface area contributed by atoms with E-state index in [2.05, 4.69) is 10.3 Å². The van der Waals surface area contributed by atoms with Gasteiger partial charge in [0.2, 0.25) is 0 Å². The van der Waals surface area contributed by atoms with Gasteiger partial charge in [-0.25, -0.2) is 0 Å².